The summed E-state index contributed by atoms with van der Waals surface area (Å²) in [6.45, 7) is 6.44. The molecule has 0 aliphatic heterocycles. The summed E-state index contributed by atoms with van der Waals surface area (Å²) in [6, 6.07) is 13.3. The molecule has 2 N–H and O–H groups in total. The van der Waals surface area contributed by atoms with E-state index >= 15 is 0 Å². The minimum Gasteiger partial charge on any atom is -0.327 e. The van der Waals surface area contributed by atoms with Crippen molar-refractivity contribution in [3.63, 3.8) is 0 Å². The number of hydrogen-bond acceptors (Lipinski definition) is 2. The van der Waals surface area contributed by atoms with Crippen LogP contribution in [0, 0.1) is 13.8 Å². The Bertz CT molecular complexity index is 625. The van der Waals surface area contributed by atoms with Crippen molar-refractivity contribution in [1.82, 2.24) is 0 Å². The van der Waals surface area contributed by atoms with Crippen LogP contribution >= 0.6 is 27.7 Å². The molecule has 0 spiro atoms. The van der Waals surface area contributed by atoms with Gasteiger partial charge in [0.15, 0.2) is 0 Å². The Hall–Kier alpha value is -0.770. The van der Waals surface area contributed by atoms with Crippen LogP contribution in [-0.4, -0.2) is 6.04 Å². The van der Waals surface area contributed by atoms with Crippen molar-refractivity contribution in [2.24, 2.45) is 5.73 Å². The Morgan fingerprint density at radius 3 is 2.48 bits per heavy atom. The van der Waals surface area contributed by atoms with Crippen molar-refractivity contribution >= 4 is 27.7 Å². The molecule has 0 aliphatic carbocycles. The van der Waals surface area contributed by atoms with Gasteiger partial charge in [-0.2, -0.15) is 0 Å². The molecular weight excluding hydrogens is 342 g/mol. The molecule has 2 aromatic carbocycles. The standard InChI is InChI=1S/C18H22BrNS/c1-4-16(20)11-14-10-15(19)6-8-18(14)21-17-7-5-12(2)9-13(17)3/h5-10,16H,4,11,20H2,1-3H3. The molecule has 0 aromatic heterocycles. The van der Waals surface area contributed by atoms with Crippen molar-refractivity contribution in [3.8, 4) is 0 Å². The van der Waals surface area contributed by atoms with Gasteiger partial charge in [0.25, 0.3) is 0 Å². The highest BCUT2D eigenvalue weighted by atomic mass is 79.9. The Kier molecular flexibility index (Phi) is 5.91. The number of hydrogen-bond donors (Lipinski definition) is 1. The average Bonchev–Trinajstić information content (AvgIpc) is 2.44. The lowest BCUT2D eigenvalue weighted by atomic mass is 10.1. The molecule has 0 saturated heterocycles. The fourth-order valence-electron chi connectivity index (χ4n) is 2.27. The van der Waals surface area contributed by atoms with Crippen LogP contribution in [0.15, 0.2) is 50.7 Å². The first-order valence-corrected chi connectivity index (χ1v) is 8.89. The first kappa shape index (κ1) is 16.6. The van der Waals surface area contributed by atoms with Crippen LogP contribution in [-0.2, 0) is 6.42 Å². The van der Waals surface area contributed by atoms with Crippen LogP contribution < -0.4 is 5.73 Å². The third kappa shape index (κ3) is 4.60. The average molecular weight is 364 g/mol. The topological polar surface area (TPSA) is 26.0 Å². The molecule has 3 heteroatoms. The number of nitrogens with two attached hydrogens (primary N) is 1. The fraction of sp³-hybridized carbons (Fsp3) is 0.333. The smallest absolute Gasteiger partial charge is 0.0178 e. The highest BCUT2D eigenvalue weighted by molar-refractivity contribution is 9.10. The fourth-order valence-corrected chi connectivity index (χ4v) is 3.68. The van der Waals surface area contributed by atoms with Gasteiger partial charge < -0.3 is 5.73 Å². The Labute approximate surface area is 140 Å². The molecule has 0 radical (unpaired) electrons. The van der Waals surface area contributed by atoms with E-state index in [9.17, 15) is 0 Å². The quantitative estimate of drug-likeness (QED) is 0.758. The van der Waals surface area contributed by atoms with Gasteiger partial charge in [0, 0.05) is 20.3 Å². The highest BCUT2D eigenvalue weighted by Crippen LogP contribution is 2.34. The predicted octanol–water partition coefficient (Wildman–Crippen LogP) is 5.50. The summed E-state index contributed by atoms with van der Waals surface area (Å²) in [5, 5.41) is 0. The minimum absolute atomic E-state index is 0.220. The molecule has 0 bridgehead atoms. The highest BCUT2D eigenvalue weighted by Gasteiger charge is 2.10. The zero-order valence-corrected chi connectivity index (χ0v) is 15.2. The zero-order valence-electron chi connectivity index (χ0n) is 12.8. The molecule has 0 amide bonds. The van der Waals surface area contributed by atoms with Crippen molar-refractivity contribution in [3.05, 3.63) is 57.6 Å². The van der Waals surface area contributed by atoms with Crippen LogP contribution in [0.2, 0.25) is 0 Å². The molecule has 1 unspecified atom stereocenters. The molecule has 1 nitrogen and oxygen atoms in total. The number of aryl methyl sites for hydroxylation is 2. The minimum atomic E-state index is 0.220. The van der Waals surface area contributed by atoms with Crippen LogP contribution in [0.4, 0.5) is 0 Å². The van der Waals surface area contributed by atoms with E-state index in [2.05, 4.69) is 73.1 Å². The van der Waals surface area contributed by atoms with Gasteiger partial charge in [-0.25, -0.2) is 0 Å². The molecule has 112 valence electrons. The van der Waals surface area contributed by atoms with Gasteiger partial charge in [0.1, 0.15) is 0 Å². The third-order valence-electron chi connectivity index (χ3n) is 3.58. The van der Waals surface area contributed by atoms with Crippen LogP contribution in [0.25, 0.3) is 0 Å². The lowest BCUT2D eigenvalue weighted by Crippen LogP contribution is -2.21. The molecule has 2 aromatic rings. The van der Waals surface area contributed by atoms with Crippen LogP contribution in [0.5, 0.6) is 0 Å². The molecule has 21 heavy (non-hydrogen) atoms. The molecule has 0 aliphatic rings. The SMILES string of the molecule is CCC(N)Cc1cc(Br)ccc1Sc1ccc(C)cc1C. The molecule has 0 saturated carbocycles. The van der Waals surface area contributed by atoms with Gasteiger partial charge >= 0.3 is 0 Å². The monoisotopic (exact) mass is 363 g/mol. The largest absolute Gasteiger partial charge is 0.327 e. The van der Waals surface area contributed by atoms with Gasteiger partial charge in [-0.3, -0.25) is 0 Å². The first-order chi connectivity index (χ1) is 9.99. The number of halogens is 1. The number of benzene rings is 2. The van der Waals surface area contributed by atoms with Crippen LogP contribution in [0.3, 0.4) is 0 Å². The molecule has 0 fully saturated rings. The summed E-state index contributed by atoms with van der Waals surface area (Å²) in [7, 11) is 0. The zero-order chi connectivity index (χ0) is 15.4. The van der Waals surface area contributed by atoms with Gasteiger partial charge in [-0.15, -0.1) is 0 Å². The summed E-state index contributed by atoms with van der Waals surface area (Å²) in [4.78, 5) is 2.61. The van der Waals surface area contributed by atoms with Crippen molar-refractivity contribution in [1.29, 1.82) is 0 Å². The summed E-state index contributed by atoms with van der Waals surface area (Å²) in [5.41, 5.74) is 10.1. The van der Waals surface area contributed by atoms with E-state index in [-0.39, 0.29) is 6.04 Å². The maximum absolute atomic E-state index is 6.14. The summed E-state index contributed by atoms with van der Waals surface area (Å²) < 4.78 is 1.12. The predicted molar refractivity (Wildman–Crippen MR) is 96.2 cm³/mol. The third-order valence-corrected chi connectivity index (χ3v) is 5.37. The van der Waals surface area contributed by atoms with E-state index in [1.807, 2.05) is 11.8 Å². The maximum Gasteiger partial charge on any atom is 0.0178 e. The summed E-state index contributed by atoms with van der Waals surface area (Å²) >= 11 is 5.40. The molecular formula is C18H22BrNS. The van der Waals surface area contributed by atoms with E-state index in [0.29, 0.717) is 0 Å². The van der Waals surface area contributed by atoms with E-state index in [1.54, 1.807) is 0 Å². The second-order valence-corrected chi connectivity index (χ2v) is 7.49. The Morgan fingerprint density at radius 1 is 1.10 bits per heavy atom. The van der Waals surface area contributed by atoms with Gasteiger partial charge in [0.2, 0.25) is 0 Å². The van der Waals surface area contributed by atoms with Gasteiger partial charge in [0.05, 0.1) is 0 Å². The summed E-state index contributed by atoms with van der Waals surface area (Å²) in [6.07, 6.45) is 1.92. The Morgan fingerprint density at radius 2 is 1.81 bits per heavy atom. The number of rotatable bonds is 5. The van der Waals surface area contributed by atoms with E-state index < -0.39 is 0 Å². The van der Waals surface area contributed by atoms with E-state index in [1.165, 1.54) is 26.5 Å². The van der Waals surface area contributed by atoms with Crippen LogP contribution in [0.1, 0.15) is 30.0 Å². The van der Waals surface area contributed by atoms with Gasteiger partial charge in [-0.05, 0) is 62.1 Å². The first-order valence-electron chi connectivity index (χ1n) is 7.28. The second kappa shape index (κ2) is 7.48. The lowest BCUT2D eigenvalue weighted by molar-refractivity contribution is 0.641. The molecule has 2 rings (SSSR count). The van der Waals surface area contributed by atoms with Crippen molar-refractivity contribution < 1.29 is 0 Å². The molecule has 0 heterocycles. The van der Waals surface area contributed by atoms with Gasteiger partial charge in [-0.1, -0.05) is 52.3 Å². The van der Waals surface area contributed by atoms with E-state index in [0.717, 1.165) is 17.3 Å². The normalized spacial score (nSPS) is 12.4. The Balaban J connectivity index is 2.30. The van der Waals surface area contributed by atoms with Crippen molar-refractivity contribution in [2.45, 2.75) is 49.4 Å². The molecule has 1 atom stereocenters. The van der Waals surface area contributed by atoms with Crippen molar-refractivity contribution in [2.75, 3.05) is 0 Å². The van der Waals surface area contributed by atoms with E-state index in [4.69, 9.17) is 5.73 Å². The maximum atomic E-state index is 6.14. The second-order valence-electron chi connectivity index (χ2n) is 5.50. The summed E-state index contributed by atoms with van der Waals surface area (Å²) in [5.74, 6) is 0. The lowest BCUT2D eigenvalue weighted by Gasteiger charge is -2.15.